The summed E-state index contributed by atoms with van der Waals surface area (Å²) in [4.78, 5) is 16.5. The van der Waals surface area contributed by atoms with E-state index in [1.165, 1.54) is 0 Å². The minimum atomic E-state index is -0.602. The molecule has 2 aromatic rings. The maximum Gasteiger partial charge on any atom is 0.227 e. The number of halogens is 3. The van der Waals surface area contributed by atoms with Crippen LogP contribution in [0.3, 0.4) is 0 Å². The lowest BCUT2D eigenvalue weighted by Crippen LogP contribution is -2.38. The maximum absolute atomic E-state index is 12.0. The molecule has 0 saturated carbocycles. The van der Waals surface area contributed by atoms with Crippen LogP contribution in [0.25, 0.3) is 11.0 Å². The zero-order valence-electron chi connectivity index (χ0n) is 12.0. The molecule has 4 nitrogen and oxygen atoms in total. The number of alkyl halides is 1. The summed E-state index contributed by atoms with van der Waals surface area (Å²) in [6.45, 7) is 4.18. The molecule has 21 heavy (non-hydrogen) atoms. The molecular formula is C14H16Cl3N3O. The maximum atomic E-state index is 12.0. The molecule has 0 atom stereocenters. The van der Waals surface area contributed by atoms with Crippen molar-refractivity contribution in [1.82, 2.24) is 14.9 Å². The molecule has 0 spiro atoms. The summed E-state index contributed by atoms with van der Waals surface area (Å²) >= 11 is 18.1. The number of imidazole rings is 1. The molecule has 1 N–H and O–H groups in total. The van der Waals surface area contributed by atoms with E-state index in [1.54, 1.807) is 19.2 Å². The largest absolute Gasteiger partial charge is 0.359 e. The Hall–Kier alpha value is -0.970. The lowest BCUT2D eigenvalue weighted by molar-refractivity contribution is -0.129. The van der Waals surface area contributed by atoms with Gasteiger partial charge in [-0.2, -0.15) is 0 Å². The van der Waals surface area contributed by atoms with E-state index in [0.29, 0.717) is 27.9 Å². The Morgan fingerprint density at radius 1 is 1.33 bits per heavy atom. The topological polar surface area (TPSA) is 46.9 Å². The molecule has 1 amide bonds. The summed E-state index contributed by atoms with van der Waals surface area (Å²) in [5.41, 5.74) is 0.930. The van der Waals surface area contributed by atoms with Gasteiger partial charge in [-0.3, -0.25) is 4.79 Å². The van der Waals surface area contributed by atoms with Crippen molar-refractivity contribution < 1.29 is 4.79 Å². The highest BCUT2D eigenvalue weighted by atomic mass is 35.5. The molecule has 0 unspecified atom stereocenters. The number of hydrogen-bond donors (Lipinski definition) is 1. The average molecular weight is 349 g/mol. The van der Waals surface area contributed by atoms with Crippen molar-refractivity contribution in [2.75, 3.05) is 7.05 Å². The number of amides is 1. The minimum Gasteiger partial charge on any atom is -0.359 e. The molecule has 1 aromatic heterocycles. The Balaban J connectivity index is 2.56. The van der Waals surface area contributed by atoms with Crippen LogP contribution >= 0.6 is 34.8 Å². The van der Waals surface area contributed by atoms with Crippen molar-refractivity contribution in [1.29, 1.82) is 0 Å². The quantitative estimate of drug-likeness (QED) is 0.853. The monoisotopic (exact) mass is 347 g/mol. The first-order valence-electron chi connectivity index (χ1n) is 6.42. The Morgan fingerprint density at radius 2 is 1.95 bits per heavy atom. The SMILES string of the molecule is CNC(=O)C(C)(C)Cn1c(CCl)nc2cc(Cl)c(Cl)cc21. The third-order valence-corrected chi connectivity index (χ3v) is 4.35. The number of nitrogens with zero attached hydrogens (tertiary/aromatic N) is 2. The third-order valence-electron chi connectivity index (χ3n) is 3.38. The zero-order valence-corrected chi connectivity index (χ0v) is 14.3. The number of fused-ring (bicyclic) bond motifs is 1. The zero-order chi connectivity index (χ0) is 15.8. The first-order valence-corrected chi connectivity index (χ1v) is 7.71. The molecule has 7 heteroatoms. The number of hydrogen-bond acceptors (Lipinski definition) is 2. The molecule has 114 valence electrons. The smallest absolute Gasteiger partial charge is 0.227 e. The first-order chi connectivity index (χ1) is 9.80. The number of nitrogens with one attached hydrogen (secondary N) is 1. The van der Waals surface area contributed by atoms with Crippen LogP contribution in [-0.2, 0) is 17.2 Å². The fourth-order valence-corrected chi connectivity index (χ4v) is 2.77. The lowest BCUT2D eigenvalue weighted by atomic mass is 9.92. The molecule has 1 aromatic carbocycles. The number of carbonyl (C=O) groups excluding carboxylic acids is 1. The second kappa shape index (κ2) is 6.03. The summed E-state index contributed by atoms with van der Waals surface area (Å²) in [5.74, 6) is 0.875. The van der Waals surface area contributed by atoms with Gasteiger partial charge in [0.15, 0.2) is 0 Å². The van der Waals surface area contributed by atoms with Gasteiger partial charge in [0.1, 0.15) is 5.82 Å². The molecular weight excluding hydrogens is 333 g/mol. The van der Waals surface area contributed by atoms with E-state index in [1.807, 2.05) is 18.4 Å². The molecule has 0 bridgehead atoms. The van der Waals surface area contributed by atoms with Crippen LogP contribution in [0.2, 0.25) is 10.0 Å². The van der Waals surface area contributed by atoms with E-state index < -0.39 is 5.41 Å². The van der Waals surface area contributed by atoms with Crippen molar-refractivity contribution >= 4 is 51.7 Å². The van der Waals surface area contributed by atoms with E-state index in [4.69, 9.17) is 34.8 Å². The number of benzene rings is 1. The Labute approximate surface area is 138 Å². The molecule has 0 aliphatic carbocycles. The van der Waals surface area contributed by atoms with Crippen molar-refractivity contribution in [2.24, 2.45) is 5.41 Å². The number of rotatable bonds is 4. The van der Waals surface area contributed by atoms with Crippen LogP contribution in [0.15, 0.2) is 12.1 Å². The van der Waals surface area contributed by atoms with Crippen molar-refractivity contribution in [3.63, 3.8) is 0 Å². The van der Waals surface area contributed by atoms with Gasteiger partial charge in [-0.15, -0.1) is 11.6 Å². The van der Waals surface area contributed by atoms with Gasteiger partial charge in [-0.25, -0.2) is 4.98 Å². The van der Waals surface area contributed by atoms with Gasteiger partial charge in [0, 0.05) is 13.6 Å². The number of carbonyl (C=O) groups is 1. The summed E-state index contributed by atoms with van der Waals surface area (Å²) in [6, 6.07) is 3.46. The van der Waals surface area contributed by atoms with Gasteiger partial charge in [-0.05, 0) is 26.0 Å². The average Bonchev–Trinajstić information content (AvgIpc) is 2.75. The van der Waals surface area contributed by atoms with Gasteiger partial charge in [0.05, 0.1) is 32.4 Å². The van der Waals surface area contributed by atoms with Crippen molar-refractivity contribution in [3.05, 3.63) is 28.0 Å². The van der Waals surface area contributed by atoms with Gasteiger partial charge < -0.3 is 9.88 Å². The third kappa shape index (κ3) is 3.12. The molecule has 0 saturated heterocycles. The Kier molecular flexibility index (Phi) is 4.71. The van der Waals surface area contributed by atoms with Gasteiger partial charge >= 0.3 is 0 Å². The van der Waals surface area contributed by atoms with E-state index >= 15 is 0 Å². The van der Waals surface area contributed by atoms with E-state index in [-0.39, 0.29) is 11.8 Å². The van der Waals surface area contributed by atoms with Crippen LogP contribution in [-0.4, -0.2) is 22.5 Å². The fourth-order valence-electron chi connectivity index (χ4n) is 2.25. The highest BCUT2D eigenvalue weighted by Gasteiger charge is 2.29. The Bertz CT molecular complexity index is 694. The van der Waals surface area contributed by atoms with E-state index in [2.05, 4.69) is 10.3 Å². The highest BCUT2D eigenvalue weighted by Crippen LogP contribution is 2.30. The summed E-state index contributed by atoms with van der Waals surface area (Å²) < 4.78 is 1.92. The molecule has 0 radical (unpaired) electrons. The molecule has 0 aliphatic heterocycles. The highest BCUT2D eigenvalue weighted by molar-refractivity contribution is 6.42. The van der Waals surface area contributed by atoms with Crippen LogP contribution < -0.4 is 5.32 Å². The number of aromatic nitrogens is 2. The molecule has 0 aliphatic rings. The Morgan fingerprint density at radius 3 is 2.52 bits per heavy atom. The second-order valence-corrected chi connectivity index (χ2v) is 6.55. The minimum absolute atomic E-state index is 0.0510. The van der Waals surface area contributed by atoms with Gasteiger partial charge in [0.2, 0.25) is 5.91 Å². The summed E-state index contributed by atoms with van der Waals surface area (Å²) in [5, 5.41) is 3.56. The normalized spacial score (nSPS) is 11.9. The fraction of sp³-hybridized carbons (Fsp3) is 0.429. The second-order valence-electron chi connectivity index (χ2n) is 5.47. The van der Waals surface area contributed by atoms with Crippen molar-refractivity contribution in [3.8, 4) is 0 Å². The lowest BCUT2D eigenvalue weighted by Gasteiger charge is -2.24. The summed E-state index contributed by atoms with van der Waals surface area (Å²) in [6.07, 6.45) is 0. The molecule has 1 heterocycles. The standard InChI is InChI=1S/C14H16Cl3N3O/c1-14(2,13(21)18-3)7-20-11-5-9(17)8(16)4-10(11)19-12(20)6-15/h4-5H,6-7H2,1-3H3,(H,18,21). The van der Waals surface area contributed by atoms with Crippen LogP contribution in [0, 0.1) is 5.41 Å². The molecule has 0 fully saturated rings. The predicted molar refractivity (Wildman–Crippen MR) is 87.2 cm³/mol. The molecule has 2 rings (SSSR count). The van der Waals surface area contributed by atoms with E-state index in [9.17, 15) is 4.79 Å². The van der Waals surface area contributed by atoms with Crippen LogP contribution in [0.5, 0.6) is 0 Å². The van der Waals surface area contributed by atoms with Crippen molar-refractivity contribution in [2.45, 2.75) is 26.3 Å². The van der Waals surface area contributed by atoms with Gasteiger partial charge in [0.25, 0.3) is 0 Å². The van der Waals surface area contributed by atoms with E-state index in [0.717, 1.165) is 5.52 Å². The first kappa shape index (κ1) is 16.4. The van der Waals surface area contributed by atoms with Gasteiger partial charge in [-0.1, -0.05) is 23.2 Å². The van der Waals surface area contributed by atoms with Crippen LogP contribution in [0.1, 0.15) is 19.7 Å². The summed E-state index contributed by atoms with van der Waals surface area (Å²) in [7, 11) is 1.62. The van der Waals surface area contributed by atoms with Crippen LogP contribution in [0.4, 0.5) is 0 Å². The predicted octanol–water partition coefficient (Wildman–Crippen LogP) is 3.85.